The van der Waals surface area contributed by atoms with Crippen molar-refractivity contribution in [2.24, 2.45) is 0 Å². The molecule has 2 rings (SSSR count). The van der Waals surface area contributed by atoms with Gasteiger partial charge < -0.3 is 9.16 Å². The van der Waals surface area contributed by atoms with Crippen LogP contribution in [0.3, 0.4) is 0 Å². The summed E-state index contributed by atoms with van der Waals surface area (Å²) in [6, 6.07) is 20.9. The fraction of sp³-hybridized carbons (Fsp3) is 0.500. The van der Waals surface area contributed by atoms with Crippen molar-refractivity contribution >= 4 is 14.3 Å². The SMILES string of the molecule is CCOC(=O)CC(CN(Cc1ccccc1)Cc1ccccc1)O[Si](C)(C)C(C)(C)C. The molecule has 0 radical (unpaired) electrons. The van der Waals surface area contributed by atoms with Crippen molar-refractivity contribution in [3.8, 4) is 0 Å². The average Bonchev–Trinajstić information content (AvgIpc) is 2.68. The van der Waals surface area contributed by atoms with Crippen LogP contribution in [0.15, 0.2) is 60.7 Å². The first-order chi connectivity index (χ1) is 14.6. The molecule has 0 saturated heterocycles. The van der Waals surface area contributed by atoms with Crippen molar-refractivity contribution in [1.82, 2.24) is 4.90 Å². The smallest absolute Gasteiger partial charge is 0.308 e. The van der Waals surface area contributed by atoms with Crippen LogP contribution >= 0.6 is 0 Å². The summed E-state index contributed by atoms with van der Waals surface area (Å²) in [6.45, 7) is 15.7. The molecule has 1 unspecified atom stereocenters. The third-order valence-corrected chi connectivity index (χ3v) is 10.5. The molecule has 0 aliphatic carbocycles. The Morgan fingerprint density at radius 1 is 0.935 bits per heavy atom. The fourth-order valence-corrected chi connectivity index (χ4v) is 4.64. The Labute approximate surface area is 189 Å². The van der Waals surface area contributed by atoms with E-state index in [0.29, 0.717) is 13.2 Å². The van der Waals surface area contributed by atoms with E-state index in [1.807, 2.05) is 19.1 Å². The Kier molecular flexibility index (Phi) is 9.47. The molecule has 0 aliphatic rings. The number of hydrogen-bond acceptors (Lipinski definition) is 4. The van der Waals surface area contributed by atoms with Gasteiger partial charge in [-0.25, -0.2) is 0 Å². The second kappa shape index (κ2) is 11.6. The highest BCUT2D eigenvalue weighted by molar-refractivity contribution is 6.74. The van der Waals surface area contributed by atoms with Gasteiger partial charge in [0.2, 0.25) is 0 Å². The van der Waals surface area contributed by atoms with Crippen LogP contribution in [0.2, 0.25) is 18.1 Å². The summed E-state index contributed by atoms with van der Waals surface area (Å²) in [7, 11) is -2.04. The first kappa shape index (κ1) is 25.3. The highest BCUT2D eigenvalue weighted by atomic mass is 28.4. The van der Waals surface area contributed by atoms with Gasteiger partial charge in [0.15, 0.2) is 8.32 Å². The molecule has 0 bridgehead atoms. The lowest BCUT2D eigenvalue weighted by Gasteiger charge is -2.40. The van der Waals surface area contributed by atoms with E-state index >= 15 is 0 Å². The predicted octanol–water partition coefficient (Wildman–Crippen LogP) is 6.03. The summed E-state index contributed by atoms with van der Waals surface area (Å²) >= 11 is 0. The van der Waals surface area contributed by atoms with E-state index in [1.165, 1.54) is 11.1 Å². The van der Waals surface area contributed by atoms with E-state index in [-0.39, 0.29) is 23.5 Å². The van der Waals surface area contributed by atoms with Crippen LogP contribution in [0.5, 0.6) is 0 Å². The van der Waals surface area contributed by atoms with Crippen molar-refractivity contribution in [2.75, 3.05) is 13.2 Å². The molecule has 0 N–H and O–H groups in total. The summed E-state index contributed by atoms with van der Waals surface area (Å²) in [5, 5.41) is 0.0730. The van der Waals surface area contributed by atoms with E-state index < -0.39 is 8.32 Å². The third-order valence-electron chi connectivity index (χ3n) is 5.93. The summed E-state index contributed by atoms with van der Waals surface area (Å²) < 4.78 is 12.0. The largest absolute Gasteiger partial charge is 0.466 e. The Balaban J connectivity index is 2.24. The Hall–Kier alpha value is -1.95. The first-order valence-electron chi connectivity index (χ1n) is 11.2. The lowest BCUT2D eigenvalue weighted by Crippen LogP contribution is -2.47. The maximum atomic E-state index is 12.4. The molecule has 170 valence electrons. The molecule has 5 heteroatoms. The quantitative estimate of drug-likeness (QED) is 0.315. The zero-order valence-electron chi connectivity index (χ0n) is 20.1. The molecule has 2 aromatic carbocycles. The number of esters is 1. The first-order valence-corrected chi connectivity index (χ1v) is 14.1. The maximum absolute atomic E-state index is 12.4. The maximum Gasteiger partial charge on any atom is 0.308 e. The standard InChI is InChI=1S/C26H39NO3Si/c1-7-29-25(28)18-24(30-31(5,6)26(2,3)4)21-27(19-22-14-10-8-11-15-22)20-23-16-12-9-13-17-23/h8-17,24H,7,18-21H2,1-6H3. The summed E-state index contributed by atoms with van der Waals surface area (Å²) in [4.78, 5) is 14.8. The number of carbonyl (C=O) groups excluding carboxylic acids is 1. The van der Waals surface area contributed by atoms with E-state index in [0.717, 1.165) is 13.1 Å². The lowest BCUT2D eigenvalue weighted by atomic mass is 10.1. The van der Waals surface area contributed by atoms with Crippen LogP contribution < -0.4 is 0 Å². The van der Waals surface area contributed by atoms with Crippen LogP contribution in [0.25, 0.3) is 0 Å². The topological polar surface area (TPSA) is 38.8 Å². The van der Waals surface area contributed by atoms with Gasteiger partial charge in [0, 0.05) is 19.6 Å². The minimum atomic E-state index is -2.04. The summed E-state index contributed by atoms with van der Waals surface area (Å²) in [5.41, 5.74) is 2.50. The Morgan fingerprint density at radius 2 is 1.42 bits per heavy atom. The van der Waals surface area contributed by atoms with Gasteiger partial charge in [-0.15, -0.1) is 0 Å². The van der Waals surface area contributed by atoms with Crippen LogP contribution in [0.4, 0.5) is 0 Å². The molecule has 1 atom stereocenters. The van der Waals surface area contributed by atoms with Crippen molar-refractivity contribution in [1.29, 1.82) is 0 Å². The van der Waals surface area contributed by atoms with Gasteiger partial charge in [0.25, 0.3) is 0 Å². The van der Waals surface area contributed by atoms with Gasteiger partial charge in [-0.1, -0.05) is 81.4 Å². The highest BCUT2D eigenvalue weighted by Gasteiger charge is 2.40. The van der Waals surface area contributed by atoms with Crippen LogP contribution in [-0.4, -0.2) is 38.4 Å². The zero-order chi connectivity index (χ0) is 22.9. The predicted molar refractivity (Wildman–Crippen MR) is 130 cm³/mol. The number of carbonyl (C=O) groups is 1. The van der Waals surface area contributed by atoms with Gasteiger partial charge in [0.05, 0.1) is 19.1 Å². The normalized spacial score (nSPS) is 13.3. The molecule has 0 heterocycles. The van der Waals surface area contributed by atoms with Crippen molar-refractivity contribution < 1.29 is 14.0 Å². The zero-order valence-corrected chi connectivity index (χ0v) is 21.1. The van der Waals surface area contributed by atoms with E-state index in [2.05, 4.69) is 87.3 Å². The van der Waals surface area contributed by atoms with Crippen molar-refractivity contribution in [3.63, 3.8) is 0 Å². The summed E-state index contributed by atoms with van der Waals surface area (Å²) in [5.74, 6) is -0.189. The van der Waals surface area contributed by atoms with Crippen LogP contribution in [0, 0.1) is 0 Å². The Bertz CT molecular complexity index is 746. The molecule has 4 nitrogen and oxygen atoms in total. The number of benzene rings is 2. The molecule has 2 aromatic rings. The van der Waals surface area contributed by atoms with E-state index in [1.54, 1.807) is 0 Å². The van der Waals surface area contributed by atoms with Gasteiger partial charge >= 0.3 is 5.97 Å². The highest BCUT2D eigenvalue weighted by Crippen LogP contribution is 2.37. The molecule has 0 saturated carbocycles. The molecule has 0 spiro atoms. The Morgan fingerprint density at radius 3 is 1.84 bits per heavy atom. The van der Waals surface area contributed by atoms with Crippen LogP contribution in [0.1, 0.15) is 45.2 Å². The monoisotopic (exact) mass is 441 g/mol. The van der Waals surface area contributed by atoms with Crippen molar-refractivity contribution in [2.45, 2.75) is 71.4 Å². The van der Waals surface area contributed by atoms with Crippen LogP contribution in [-0.2, 0) is 27.0 Å². The minimum absolute atomic E-state index is 0.0730. The lowest BCUT2D eigenvalue weighted by molar-refractivity contribution is -0.145. The molecule has 0 aliphatic heterocycles. The van der Waals surface area contributed by atoms with Crippen molar-refractivity contribution in [3.05, 3.63) is 71.8 Å². The third kappa shape index (κ3) is 8.60. The second-order valence-electron chi connectivity index (χ2n) is 9.65. The molecular formula is C26H39NO3Si. The van der Waals surface area contributed by atoms with Gasteiger partial charge in [-0.05, 0) is 36.2 Å². The number of rotatable bonds is 11. The van der Waals surface area contributed by atoms with E-state index in [9.17, 15) is 4.79 Å². The molecule has 0 amide bonds. The van der Waals surface area contributed by atoms with Gasteiger partial charge in [-0.3, -0.25) is 9.69 Å². The molecule has 0 fully saturated rings. The van der Waals surface area contributed by atoms with E-state index in [4.69, 9.17) is 9.16 Å². The average molecular weight is 442 g/mol. The molecule has 0 aromatic heterocycles. The minimum Gasteiger partial charge on any atom is -0.466 e. The number of nitrogens with zero attached hydrogens (tertiary/aromatic N) is 1. The second-order valence-corrected chi connectivity index (χ2v) is 14.4. The fourth-order valence-electron chi connectivity index (χ4n) is 3.30. The summed E-state index contributed by atoms with van der Waals surface area (Å²) in [6.07, 6.45) is 0.0767. The van der Waals surface area contributed by atoms with Gasteiger partial charge in [-0.2, -0.15) is 0 Å². The number of hydrogen-bond donors (Lipinski definition) is 0. The number of ether oxygens (including phenoxy) is 1. The molecule has 31 heavy (non-hydrogen) atoms. The molecular weight excluding hydrogens is 402 g/mol. The van der Waals surface area contributed by atoms with Gasteiger partial charge in [0.1, 0.15) is 0 Å².